The minimum Gasteiger partial charge on any atom is -0.374 e. The Kier molecular flexibility index (Phi) is 6.39. The van der Waals surface area contributed by atoms with Crippen LogP contribution in [0.4, 0.5) is 0 Å². The highest BCUT2D eigenvalue weighted by Crippen LogP contribution is 2.22. The van der Waals surface area contributed by atoms with Gasteiger partial charge in [0.25, 0.3) is 0 Å². The number of aromatic amines is 1. The number of halogens is 1. The third-order valence-electron chi connectivity index (χ3n) is 5.01. The Morgan fingerprint density at radius 3 is 2.79 bits per heavy atom. The molecular weight excluding hydrogens is 372 g/mol. The molecule has 0 amide bonds. The fourth-order valence-electron chi connectivity index (χ4n) is 3.57. The topological polar surface area (TPSA) is 53.2 Å². The van der Waals surface area contributed by atoms with Crippen LogP contribution < -0.4 is 5.32 Å². The van der Waals surface area contributed by atoms with Crippen molar-refractivity contribution in [3.05, 3.63) is 76.9 Å². The van der Waals surface area contributed by atoms with Gasteiger partial charge in [-0.3, -0.25) is 10.00 Å². The van der Waals surface area contributed by atoms with Gasteiger partial charge < -0.3 is 10.1 Å². The van der Waals surface area contributed by atoms with Gasteiger partial charge >= 0.3 is 0 Å². The first-order chi connectivity index (χ1) is 13.8. The molecule has 5 nitrogen and oxygen atoms in total. The predicted molar refractivity (Wildman–Crippen MR) is 112 cm³/mol. The van der Waals surface area contributed by atoms with Crippen molar-refractivity contribution >= 4 is 11.6 Å². The van der Waals surface area contributed by atoms with E-state index in [1.807, 2.05) is 30.5 Å². The number of H-pyrrole nitrogens is 1. The summed E-state index contributed by atoms with van der Waals surface area (Å²) in [6.07, 6.45) is 2.07. The minimum atomic E-state index is 0.198. The van der Waals surface area contributed by atoms with E-state index in [0.717, 1.165) is 61.2 Å². The van der Waals surface area contributed by atoms with Gasteiger partial charge in [-0.1, -0.05) is 54.1 Å². The monoisotopic (exact) mass is 396 g/mol. The van der Waals surface area contributed by atoms with Gasteiger partial charge in [0, 0.05) is 43.3 Å². The van der Waals surface area contributed by atoms with E-state index in [1.54, 1.807) is 0 Å². The van der Waals surface area contributed by atoms with Crippen LogP contribution in [0.2, 0.25) is 5.02 Å². The van der Waals surface area contributed by atoms with E-state index < -0.39 is 0 Å². The average molecular weight is 397 g/mol. The molecule has 146 valence electrons. The van der Waals surface area contributed by atoms with Crippen molar-refractivity contribution < 1.29 is 4.74 Å². The quantitative estimate of drug-likeness (QED) is 0.639. The molecule has 1 aliphatic rings. The van der Waals surface area contributed by atoms with Gasteiger partial charge in [-0.05, 0) is 23.3 Å². The largest absolute Gasteiger partial charge is 0.374 e. The lowest BCUT2D eigenvalue weighted by Crippen LogP contribution is -2.46. The summed E-state index contributed by atoms with van der Waals surface area (Å²) >= 11 is 5.99. The van der Waals surface area contributed by atoms with E-state index in [0.29, 0.717) is 0 Å². The van der Waals surface area contributed by atoms with E-state index in [9.17, 15) is 0 Å². The van der Waals surface area contributed by atoms with Crippen molar-refractivity contribution in [2.45, 2.75) is 19.2 Å². The van der Waals surface area contributed by atoms with Crippen LogP contribution in [0.5, 0.6) is 0 Å². The molecule has 0 aliphatic carbocycles. The first-order valence-corrected chi connectivity index (χ1v) is 10.0. The lowest BCUT2D eigenvalue weighted by Gasteiger charge is -2.33. The van der Waals surface area contributed by atoms with E-state index in [-0.39, 0.29) is 6.10 Å². The Balaban J connectivity index is 1.28. The zero-order valence-electron chi connectivity index (χ0n) is 15.8. The number of nitrogens with zero attached hydrogens (tertiary/aromatic N) is 2. The van der Waals surface area contributed by atoms with Crippen molar-refractivity contribution in [2.75, 3.05) is 26.2 Å². The number of morpholine rings is 1. The van der Waals surface area contributed by atoms with Gasteiger partial charge in [0.05, 0.1) is 24.6 Å². The minimum absolute atomic E-state index is 0.198. The SMILES string of the molecule is Clc1ccc(-c2[nH]ncc2CNC[C@H]2CN(Cc3ccccc3)CCO2)cc1. The maximum Gasteiger partial charge on any atom is 0.0826 e. The van der Waals surface area contributed by atoms with Crippen molar-refractivity contribution in [3.63, 3.8) is 0 Å². The number of rotatable bonds is 7. The smallest absolute Gasteiger partial charge is 0.0826 e. The molecule has 1 aromatic heterocycles. The summed E-state index contributed by atoms with van der Waals surface area (Å²) in [5.74, 6) is 0. The molecule has 3 aromatic rings. The molecule has 0 radical (unpaired) electrons. The van der Waals surface area contributed by atoms with E-state index in [2.05, 4.69) is 50.7 Å². The van der Waals surface area contributed by atoms with Gasteiger partial charge in [-0.15, -0.1) is 0 Å². The zero-order chi connectivity index (χ0) is 19.2. The van der Waals surface area contributed by atoms with Gasteiger partial charge in [0.1, 0.15) is 0 Å². The summed E-state index contributed by atoms with van der Waals surface area (Å²) in [5.41, 5.74) is 4.60. The summed E-state index contributed by atoms with van der Waals surface area (Å²) in [7, 11) is 0. The van der Waals surface area contributed by atoms with Gasteiger partial charge in [0.15, 0.2) is 0 Å². The molecule has 1 saturated heterocycles. The molecule has 2 heterocycles. The zero-order valence-corrected chi connectivity index (χ0v) is 16.5. The van der Waals surface area contributed by atoms with Crippen LogP contribution in [-0.2, 0) is 17.8 Å². The molecule has 0 saturated carbocycles. The molecule has 28 heavy (non-hydrogen) atoms. The van der Waals surface area contributed by atoms with Crippen molar-refractivity contribution in [3.8, 4) is 11.3 Å². The number of nitrogens with one attached hydrogen (secondary N) is 2. The molecule has 1 fully saturated rings. The number of hydrogen-bond acceptors (Lipinski definition) is 4. The van der Waals surface area contributed by atoms with Crippen molar-refractivity contribution in [1.82, 2.24) is 20.4 Å². The first kappa shape index (κ1) is 19.2. The molecular formula is C22H25ClN4O. The number of hydrogen-bond donors (Lipinski definition) is 2. The molecule has 0 spiro atoms. The fourth-order valence-corrected chi connectivity index (χ4v) is 3.69. The second kappa shape index (κ2) is 9.34. The van der Waals surface area contributed by atoms with Gasteiger partial charge in [-0.2, -0.15) is 5.10 Å². The molecule has 1 aliphatic heterocycles. The van der Waals surface area contributed by atoms with Crippen molar-refractivity contribution in [1.29, 1.82) is 0 Å². The van der Waals surface area contributed by atoms with Crippen LogP contribution in [0, 0.1) is 0 Å². The molecule has 0 unspecified atom stereocenters. The summed E-state index contributed by atoms with van der Waals surface area (Å²) in [5, 5.41) is 11.6. The van der Waals surface area contributed by atoms with Crippen LogP contribution >= 0.6 is 11.6 Å². The Morgan fingerprint density at radius 1 is 1.14 bits per heavy atom. The van der Waals surface area contributed by atoms with E-state index in [4.69, 9.17) is 16.3 Å². The Labute approximate surface area is 170 Å². The lowest BCUT2D eigenvalue weighted by molar-refractivity contribution is -0.0300. The molecule has 2 N–H and O–H groups in total. The van der Waals surface area contributed by atoms with Crippen LogP contribution in [0.1, 0.15) is 11.1 Å². The Morgan fingerprint density at radius 2 is 1.96 bits per heavy atom. The third-order valence-corrected chi connectivity index (χ3v) is 5.26. The van der Waals surface area contributed by atoms with Crippen LogP contribution in [0.15, 0.2) is 60.8 Å². The standard InChI is InChI=1S/C22H25ClN4O/c23-20-8-6-18(7-9-20)22-19(13-25-26-22)12-24-14-21-16-27(10-11-28-21)15-17-4-2-1-3-5-17/h1-9,13,21,24H,10-12,14-16H2,(H,25,26)/t21-/m0/s1. The number of ether oxygens (including phenoxy) is 1. The van der Waals surface area contributed by atoms with E-state index >= 15 is 0 Å². The molecule has 1 atom stereocenters. The second-order valence-electron chi connectivity index (χ2n) is 7.12. The maximum absolute atomic E-state index is 5.99. The lowest BCUT2D eigenvalue weighted by atomic mass is 10.1. The molecule has 0 bridgehead atoms. The highest BCUT2D eigenvalue weighted by Gasteiger charge is 2.20. The maximum atomic E-state index is 5.99. The van der Waals surface area contributed by atoms with E-state index in [1.165, 1.54) is 5.56 Å². The summed E-state index contributed by atoms with van der Waals surface area (Å²) in [4.78, 5) is 2.46. The third kappa shape index (κ3) is 5.00. The normalized spacial score (nSPS) is 17.7. The molecule has 2 aromatic carbocycles. The fraction of sp³-hybridized carbons (Fsp3) is 0.318. The molecule has 4 rings (SSSR count). The second-order valence-corrected chi connectivity index (χ2v) is 7.56. The number of benzene rings is 2. The number of aromatic nitrogens is 2. The Bertz CT molecular complexity index is 866. The van der Waals surface area contributed by atoms with Crippen molar-refractivity contribution in [2.24, 2.45) is 0 Å². The highest BCUT2D eigenvalue weighted by atomic mass is 35.5. The average Bonchev–Trinajstić information content (AvgIpc) is 3.18. The summed E-state index contributed by atoms with van der Waals surface area (Å²) in [6.45, 7) is 5.23. The Hall–Kier alpha value is -2.18. The summed E-state index contributed by atoms with van der Waals surface area (Å²) in [6, 6.07) is 18.4. The highest BCUT2D eigenvalue weighted by molar-refractivity contribution is 6.30. The van der Waals surface area contributed by atoms with Crippen LogP contribution in [0.25, 0.3) is 11.3 Å². The predicted octanol–water partition coefficient (Wildman–Crippen LogP) is 3.72. The van der Waals surface area contributed by atoms with Crippen LogP contribution in [-0.4, -0.2) is 47.4 Å². The van der Waals surface area contributed by atoms with Gasteiger partial charge in [0.2, 0.25) is 0 Å². The summed E-state index contributed by atoms with van der Waals surface area (Å²) < 4.78 is 5.95. The first-order valence-electron chi connectivity index (χ1n) is 9.65. The molecule has 6 heteroatoms. The van der Waals surface area contributed by atoms with Gasteiger partial charge in [-0.25, -0.2) is 0 Å². The van der Waals surface area contributed by atoms with Crippen LogP contribution in [0.3, 0.4) is 0 Å².